The number of aromatic nitrogens is 3. The largest absolute Gasteiger partial charge is 0.393 e. The minimum absolute atomic E-state index is 0.147. The number of rotatable bonds is 3. The van der Waals surface area contributed by atoms with Crippen LogP contribution >= 0.6 is 0 Å². The first-order chi connectivity index (χ1) is 11.7. The Bertz CT molecular complexity index is 849. The standard InChI is InChI=1S/C19H22N4O/c1-23-12-16(15-4-2-3-5-18(15)23)17-10-11-20-19(22-17)21-13-6-8-14(24)9-7-13/h2-5,10-14,24H,6-9H2,1H3,(H,20,21,22)/t13-,14-. The predicted molar refractivity (Wildman–Crippen MR) is 95.8 cm³/mol. The fourth-order valence-electron chi connectivity index (χ4n) is 3.53. The Kier molecular flexibility index (Phi) is 3.94. The van der Waals surface area contributed by atoms with Gasteiger partial charge in [0, 0.05) is 41.9 Å². The number of anilines is 1. The first-order valence-electron chi connectivity index (χ1n) is 8.53. The van der Waals surface area contributed by atoms with E-state index in [0.29, 0.717) is 12.0 Å². The predicted octanol–water partition coefficient (Wildman–Crippen LogP) is 3.35. The molecule has 0 aliphatic heterocycles. The third kappa shape index (κ3) is 2.87. The van der Waals surface area contributed by atoms with Crippen LogP contribution in [0.1, 0.15) is 25.7 Å². The molecular formula is C19H22N4O. The molecule has 2 N–H and O–H groups in total. The highest BCUT2D eigenvalue weighted by molar-refractivity contribution is 5.95. The van der Waals surface area contributed by atoms with E-state index in [1.807, 2.05) is 12.3 Å². The van der Waals surface area contributed by atoms with Crippen molar-refractivity contribution in [2.75, 3.05) is 5.32 Å². The highest BCUT2D eigenvalue weighted by Crippen LogP contribution is 2.29. The average Bonchev–Trinajstić information content (AvgIpc) is 2.95. The van der Waals surface area contributed by atoms with E-state index in [4.69, 9.17) is 4.98 Å². The van der Waals surface area contributed by atoms with Crippen LogP contribution in [0, 0.1) is 0 Å². The summed E-state index contributed by atoms with van der Waals surface area (Å²) in [6.45, 7) is 0. The Morgan fingerprint density at radius 2 is 1.92 bits per heavy atom. The number of hydrogen-bond donors (Lipinski definition) is 2. The molecular weight excluding hydrogens is 300 g/mol. The van der Waals surface area contributed by atoms with E-state index in [9.17, 15) is 5.11 Å². The quantitative estimate of drug-likeness (QED) is 0.776. The van der Waals surface area contributed by atoms with Gasteiger partial charge in [-0.2, -0.15) is 0 Å². The van der Waals surface area contributed by atoms with Gasteiger partial charge in [-0.15, -0.1) is 0 Å². The summed E-state index contributed by atoms with van der Waals surface area (Å²) in [5.41, 5.74) is 3.25. The highest BCUT2D eigenvalue weighted by atomic mass is 16.3. The van der Waals surface area contributed by atoms with Crippen LogP contribution in [-0.4, -0.2) is 31.8 Å². The molecule has 0 saturated heterocycles. The number of aryl methyl sites for hydroxylation is 1. The molecule has 5 nitrogen and oxygen atoms in total. The Balaban J connectivity index is 1.62. The summed E-state index contributed by atoms with van der Waals surface area (Å²) in [7, 11) is 2.06. The maximum Gasteiger partial charge on any atom is 0.223 e. The normalized spacial score (nSPS) is 21.1. The number of para-hydroxylation sites is 1. The van der Waals surface area contributed by atoms with E-state index in [2.05, 4.69) is 52.4 Å². The maximum atomic E-state index is 9.63. The number of fused-ring (bicyclic) bond motifs is 1. The van der Waals surface area contributed by atoms with Crippen molar-refractivity contribution in [3.8, 4) is 11.3 Å². The van der Waals surface area contributed by atoms with Crippen molar-refractivity contribution in [1.29, 1.82) is 0 Å². The van der Waals surface area contributed by atoms with Crippen LogP contribution in [0.5, 0.6) is 0 Å². The molecule has 0 spiro atoms. The lowest BCUT2D eigenvalue weighted by atomic mass is 9.93. The zero-order valence-corrected chi connectivity index (χ0v) is 13.8. The van der Waals surface area contributed by atoms with E-state index >= 15 is 0 Å². The summed E-state index contributed by atoms with van der Waals surface area (Å²) in [6.07, 6.45) is 7.40. The van der Waals surface area contributed by atoms with Gasteiger partial charge in [0.2, 0.25) is 5.95 Å². The van der Waals surface area contributed by atoms with Crippen molar-refractivity contribution in [1.82, 2.24) is 14.5 Å². The second kappa shape index (κ2) is 6.24. The molecule has 124 valence electrons. The first-order valence-corrected chi connectivity index (χ1v) is 8.53. The molecule has 5 heteroatoms. The monoisotopic (exact) mass is 322 g/mol. The third-order valence-electron chi connectivity index (χ3n) is 4.86. The van der Waals surface area contributed by atoms with Crippen LogP contribution in [0.25, 0.3) is 22.2 Å². The third-order valence-corrected chi connectivity index (χ3v) is 4.86. The molecule has 0 amide bonds. The van der Waals surface area contributed by atoms with Gasteiger partial charge in [0.1, 0.15) is 0 Å². The van der Waals surface area contributed by atoms with Gasteiger partial charge < -0.3 is 15.0 Å². The first kappa shape index (κ1) is 15.1. The number of hydrogen-bond acceptors (Lipinski definition) is 4. The van der Waals surface area contributed by atoms with Gasteiger partial charge in [0.15, 0.2) is 0 Å². The van der Waals surface area contributed by atoms with Gasteiger partial charge in [-0.3, -0.25) is 0 Å². The molecule has 4 rings (SSSR count). The van der Waals surface area contributed by atoms with E-state index in [-0.39, 0.29) is 6.10 Å². The highest BCUT2D eigenvalue weighted by Gasteiger charge is 2.20. The Morgan fingerprint density at radius 1 is 1.12 bits per heavy atom. The van der Waals surface area contributed by atoms with Gasteiger partial charge in [0.05, 0.1) is 11.8 Å². The molecule has 1 aromatic carbocycles. The fraction of sp³-hybridized carbons (Fsp3) is 0.368. The van der Waals surface area contributed by atoms with Crippen LogP contribution in [0.2, 0.25) is 0 Å². The van der Waals surface area contributed by atoms with E-state index in [1.54, 1.807) is 0 Å². The summed E-state index contributed by atoms with van der Waals surface area (Å²) in [5, 5.41) is 14.3. The topological polar surface area (TPSA) is 63.0 Å². The summed E-state index contributed by atoms with van der Waals surface area (Å²) in [5.74, 6) is 0.668. The van der Waals surface area contributed by atoms with Gasteiger partial charge >= 0.3 is 0 Å². The number of nitrogens with zero attached hydrogens (tertiary/aromatic N) is 3. The molecule has 0 bridgehead atoms. The van der Waals surface area contributed by atoms with Crippen LogP contribution in [0.3, 0.4) is 0 Å². The van der Waals surface area contributed by atoms with Crippen LogP contribution in [0.15, 0.2) is 42.7 Å². The summed E-state index contributed by atoms with van der Waals surface area (Å²) in [4.78, 5) is 9.09. The van der Waals surface area contributed by atoms with E-state index < -0.39 is 0 Å². The van der Waals surface area contributed by atoms with Gasteiger partial charge in [-0.25, -0.2) is 9.97 Å². The number of benzene rings is 1. The number of aliphatic hydroxyl groups is 1. The molecule has 2 heterocycles. The molecule has 1 aliphatic rings. The zero-order chi connectivity index (χ0) is 16.5. The minimum Gasteiger partial charge on any atom is -0.393 e. The van der Waals surface area contributed by atoms with Crippen molar-refractivity contribution in [2.24, 2.45) is 7.05 Å². The molecule has 1 aliphatic carbocycles. The minimum atomic E-state index is -0.147. The summed E-state index contributed by atoms with van der Waals surface area (Å²) < 4.78 is 2.13. The molecule has 0 atom stereocenters. The molecule has 1 fully saturated rings. The summed E-state index contributed by atoms with van der Waals surface area (Å²) in [6, 6.07) is 10.7. The lowest BCUT2D eigenvalue weighted by Crippen LogP contribution is -2.28. The van der Waals surface area contributed by atoms with Crippen LogP contribution in [0.4, 0.5) is 5.95 Å². The van der Waals surface area contributed by atoms with E-state index in [0.717, 1.165) is 36.9 Å². The summed E-state index contributed by atoms with van der Waals surface area (Å²) >= 11 is 0. The van der Waals surface area contributed by atoms with Gasteiger partial charge in [0.25, 0.3) is 0 Å². The second-order valence-electron chi connectivity index (χ2n) is 6.59. The molecule has 0 unspecified atom stereocenters. The number of aliphatic hydroxyl groups excluding tert-OH is 1. The maximum absolute atomic E-state index is 9.63. The zero-order valence-electron chi connectivity index (χ0n) is 13.8. The van der Waals surface area contributed by atoms with E-state index in [1.165, 1.54) is 10.9 Å². The fourth-order valence-corrected chi connectivity index (χ4v) is 3.53. The van der Waals surface area contributed by atoms with Crippen molar-refractivity contribution in [3.05, 3.63) is 42.7 Å². The molecule has 0 radical (unpaired) electrons. The lowest BCUT2D eigenvalue weighted by molar-refractivity contribution is 0.126. The Labute approximate surface area is 141 Å². The Hall–Kier alpha value is -2.40. The lowest BCUT2D eigenvalue weighted by Gasteiger charge is -2.26. The molecule has 24 heavy (non-hydrogen) atoms. The second-order valence-corrected chi connectivity index (χ2v) is 6.59. The van der Waals surface area contributed by atoms with Gasteiger partial charge in [-0.05, 0) is 37.8 Å². The molecule has 1 saturated carbocycles. The van der Waals surface area contributed by atoms with Crippen LogP contribution < -0.4 is 5.32 Å². The average molecular weight is 322 g/mol. The smallest absolute Gasteiger partial charge is 0.223 e. The van der Waals surface area contributed by atoms with Gasteiger partial charge in [-0.1, -0.05) is 18.2 Å². The van der Waals surface area contributed by atoms with Crippen molar-refractivity contribution in [3.63, 3.8) is 0 Å². The van der Waals surface area contributed by atoms with Crippen LogP contribution in [-0.2, 0) is 7.05 Å². The molecule has 2 aromatic heterocycles. The molecule has 3 aromatic rings. The van der Waals surface area contributed by atoms with Crippen molar-refractivity contribution >= 4 is 16.9 Å². The van der Waals surface area contributed by atoms with Crippen molar-refractivity contribution in [2.45, 2.75) is 37.8 Å². The number of nitrogens with one attached hydrogen (secondary N) is 1. The SMILES string of the molecule is Cn1cc(-c2ccnc(N[C@H]3CC[C@H](O)CC3)n2)c2ccccc21. The van der Waals surface area contributed by atoms with Crippen molar-refractivity contribution < 1.29 is 5.11 Å². The Morgan fingerprint density at radius 3 is 2.75 bits per heavy atom.